The van der Waals surface area contributed by atoms with Crippen LogP contribution in [0, 0.1) is 5.82 Å². The fourth-order valence-corrected chi connectivity index (χ4v) is 3.77. The Hall–Kier alpha value is -3.44. The lowest BCUT2D eigenvalue weighted by atomic mass is 10.0. The van der Waals surface area contributed by atoms with Crippen LogP contribution in [0.4, 0.5) is 10.1 Å². The van der Waals surface area contributed by atoms with Crippen LogP contribution in [0.15, 0.2) is 78.5 Å². The van der Waals surface area contributed by atoms with E-state index in [-0.39, 0.29) is 29.9 Å². The summed E-state index contributed by atoms with van der Waals surface area (Å²) in [6.45, 7) is 2.27. The Kier molecular flexibility index (Phi) is 6.37. The van der Waals surface area contributed by atoms with Crippen molar-refractivity contribution in [3.05, 3.63) is 106 Å². The van der Waals surface area contributed by atoms with Crippen molar-refractivity contribution in [2.24, 2.45) is 0 Å². The molecule has 1 heterocycles. The van der Waals surface area contributed by atoms with Crippen LogP contribution in [0.5, 0.6) is 0 Å². The molecular weight excluding hydrogens is 427 g/mol. The minimum atomic E-state index is -0.387. The van der Waals surface area contributed by atoms with Crippen molar-refractivity contribution in [2.45, 2.75) is 19.8 Å². The Balaban J connectivity index is 1.64. The third kappa shape index (κ3) is 4.58. The van der Waals surface area contributed by atoms with E-state index in [0.717, 1.165) is 17.7 Å². The monoisotopic (exact) mass is 448 g/mol. The van der Waals surface area contributed by atoms with Crippen LogP contribution < -0.4 is 5.32 Å². The second-order valence-corrected chi connectivity index (χ2v) is 8.01. The Morgan fingerprint density at radius 1 is 0.844 bits per heavy atom. The molecule has 0 saturated carbocycles. The van der Waals surface area contributed by atoms with E-state index in [1.54, 1.807) is 36.4 Å². The SMILES string of the molecule is CCc1ccc(NC2=C(c3ccc(Cl)cc3)C(=O)N(CCc3ccc(F)cc3)C2=O)cc1. The summed E-state index contributed by atoms with van der Waals surface area (Å²) in [6, 6.07) is 20.6. The van der Waals surface area contributed by atoms with Crippen LogP contribution in [-0.2, 0) is 22.4 Å². The van der Waals surface area contributed by atoms with Crippen LogP contribution >= 0.6 is 11.6 Å². The number of carbonyl (C=O) groups excluding carboxylic acids is 2. The Morgan fingerprint density at radius 2 is 1.47 bits per heavy atom. The molecule has 3 aromatic rings. The van der Waals surface area contributed by atoms with Gasteiger partial charge in [0, 0.05) is 17.3 Å². The van der Waals surface area contributed by atoms with Crippen LogP contribution in [0.2, 0.25) is 5.02 Å². The van der Waals surface area contributed by atoms with Gasteiger partial charge in [0.25, 0.3) is 11.8 Å². The Labute approximate surface area is 191 Å². The van der Waals surface area contributed by atoms with Crippen molar-refractivity contribution in [1.82, 2.24) is 4.90 Å². The zero-order valence-electron chi connectivity index (χ0n) is 17.6. The Morgan fingerprint density at radius 3 is 2.09 bits per heavy atom. The van der Waals surface area contributed by atoms with E-state index in [1.165, 1.54) is 22.6 Å². The van der Waals surface area contributed by atoms with Crippen molar-refractivity contribution in [3.63, 3.8) is 0 Å². The van der Waals surface area contributed by atoms with Crippen molar-refractivity contribution < 1.29 is 14.0 Å². The smallest absolute Gasteiger partial charge is 0.278 e. The van der Waals surface area contributed by atoms with Gasteiger partial charge in [-0.3, -0.25) is 14.5 Å². The summed E-state index contributed by atoms with van der Waals surface area (Å²) >= 11 is 6.01. The van der Waals surface area contributed by atoms with Crippen molar-refractivity contribution in [3.8, 4) is 0 Å². The molecule has 0 spiro atoms. The first-order chi connectivity index (χ1) is 15.5. The molecule has 0 aromatic heterocycles. The number of anilines is 1. The molecule has 0 unspecified atom stereocenters. The topological polar surface area (TPSA) is 49.4 Å². The number of nitrogens with one attached hydrogen (secondary N) is 1. The van der Waals surface area contributed by atoms with Gasteiger partial charge in [0.05, 0.1) is 5.57 Å². The zero-order chi connectivity index (χ0) is 22.7. The normalized spacial score (nSPS) is 13.8. The van der Waals surface area contributed by atoms with Gasteiger partial charge in [-0.2, -0.15) is 0 Å². The van der Waals surface area contributed by atoms with E-state index in [9.17, 15) is 14.0 Å². The van der Waals surface area contributed by atoms with Gasteiger partial charge < -0.3 is 5.32 Å². The fraction of sp³-hybridized carbons (Fsp3) is 0.154. The summed E-state index contributed by atoms with van der Waals surface area (Å²) < 4.78 is 13.2. The molecule has 4 nitrogen and oxygen atoms in total. The first kappa shape index (κ1) is 21.8. The van der Waals surface area contributed by atoms with E-state index in [4.69, 9.17) is 11.6 Å². The summed E-state index contributed by atoms with van der Waals surface area (Å²) in [6.07, 6.45) is 1.34. The maximum absolute atomic E-state index is 13.3. The van der Waals surface area contributed by atoms with Crippen LogP contribution in [-0.4, -0.2) is 23.3 Å². The molecule has 4 rings (SSSR count). The summed E-state index contributed by atoms with van der Waals surface area (Å²) in [5, 5.41) is 3.70. The van der Waals surface area contributed by atoms with Gasteiger partial charge in [-0.1, -0.05) is 54.9 Å². The molecule has 0 saturated heterocycles. The maximum Gasteiger partial charge on any atom is 0.278 e. The van der Waals surface area contributed by atoms with Crippen LogP contribution in [0.3, 0.4) is 0 Å². The quantitative estimate of drug-likeness (QED) is 0.487. The second kappa shape index (κ2) is 9.37. The number of hydrogen-bond acceptors (Lipinski definition) is 3. The molecule has 0 aliphatic carbocycles. The van der Waals surface area contributed by atoms with Gasteiger partial charge in [0.15, 0.2) is 0 Å². The van der Waals surface area contributed by atoms with Gasteiger partial charge in [-0.05, 0) is 65.9 Å². The van der Waals surface area contributed by atoms with E-state index < -0.39 is 0 Å². The van der Waals surface area contributed by atoms with E-state index in [1.807, 2.05) is 24.3 Å². The molecule has 0 atom stereocenters. The summed E-state index contributed by atoms with van der Waals surface area (Å²) in [7, 11) is 0. The Bertz CT molecular complexity index is 1170. The van der Waals surface area contributed by atoms with E-state index >= 15 is 0 Å². The van der Waals surface area contributed by atoms with E-state index in [0.29, 0.717) is 22.6 Å². The lowest BCUT2D eigenvalue weighted by molar-refractivity contribution is -0.136. The van der Waals surface area contributed by atoms with Gasteiger partial charge in [-0.25, -0.2) is 4.39 Å². The number of carbonyl (C=O) groups is 2. The van der Waals surface area contributed by atoms with Crippen LogP contribution in [0.1, 0.15) is 23.6 Å². The maximum atomic E-state index is 13.3. The molecule has 0 bridgehead atoms. The molecule has 6 heteroatoms. The molecule has 1 N–H and O–H groups in total. The molecule has 1 aliphatic heterocycles. The van der Waals surface area contributed by atoms with E-state index in [2.05, 4.69) is 12.2 Å². The highest BCUT2D eigenvalue weighted by Crippen LogP contribution is 2.31. The molecular formula is C26H22ClFN2O2. The number of benzene rings is 3. The van der Waals surface area contributed by atoms with Crippen molar-refractivity contribution in [1.29, 1.82) is 0 Å². The number of imide groups is 1. The number of aryl methyl sites for hydroxylation is 1. The standard InChI is InChI=1S/C26H22ClFN2O2/c1-2-17-5-13-22(14-6-17)29-24-23(19-7-9-20(27)10-8-19)25(31)30(26(24)32)16-15-18-3-11-21(28)12-4-18/h3-14,29H,2,15-16H2,1H3. The largest absolute Gasteiger partial charge is 0.350 e. The molecule has 162 valence electrons. The molecule has 32 heavy (non-hydrogen) atoms. The molecule has 2 amide bonds. The highest BCUT2D eigenvalue weighted by molar-refractivity contribution is 6.36. The van der Waals surface area contributed by atoms with Gasteiger partial charge in [-0.15, -0.1) is 0 Å². The highest BCUT2D eigenvalue weighted by atomic mass is 35.5. The predicted octanol–water partition coefficient (Wildman–Crippen LogP) is 5.48. The summed E-state index contributed by atoms with van der Waals surface area (Å²) in [4.78, 5) is 27.8. The minimum Gasteiger partial charge on any atom is -0.350 e. The van der Waals surface area contributed by atoms with Gasteiger partial charge in [0.1, 0.15) is 11.5 Å². The molecule has 0 fully saturated rings. The lowest BCUT2D eigenvalue weighted by Gasteiger charge is -2.15. The van der Waals surface area contributed by atoms with Crippen molar-refractivity contribution >= 4 is 34.7 Å². The summed E-state index contributed by atoms with van der Waals surface area (Å²) in [5.74, 6) is -1.08. The van der Waals surface area contributed by atoms with Crippen molar-refractivity contribution in [2.75, 3.05) is 11.9 Å². The second-order valence-electron chi connectivity index (χ2n) is 7.57. The number of amides is 2. The molecule has 3 aromatic carbocycles. The molecule has 0 radical (unpaired) electrons. The molecule has 1 aliphatic rings. The minimum absolute atomic E-state index is 0.195. The first-order valence-electron chi connectivity index (χ1n) is 10.4. The number of rotatable bonds is 7. The van der Waals surface area contributed by atoms with Gasteiger partial charge >= 0.3 is 0 Å². The van der Waals surface area contributed by atoms with Crippen LogP contribution in [0.25, 0.3) is 5.57 Å². The number of hydrogen-bond donors (Lipinski definition) is 1. The average molecular weight is 449 g/mol. The predicted molar refractivity (Wildman–Crippen MR) is 125 cm³/mol. The third-order valence-electron chi connectivity index (χ3n) is 5.47. The number of nitrogens with zero attached hydrogens (tertiary/aromatic N) is 1. The van der Waals surface area contributed by atoms with Gasteiger partial charge in [0.2, 0.25) is 0 Å². The third-order valence-corrected chi connectivity index (χ3v) is 5.72. The zero-order valence-corrected chi connectivity index (χ0v) is 18.3. The fourth-order valence-electron chi connectivity index (χ4n) is 3.64. The highest BCUT2D eigenvalue weighted by Gasteiger charge is 2.38. The number of halogens is 2. The lowest BCUT2D eigenvalue weighted by Crippen LogP contribution is -2.34. The average Bonchev–Trinajstić information content (AvgIpc) is 3.03. The summed E-state index contributed by atoms with van der Waals surface area (Å²) in [5.41, 5.74) is 3.91. The first-order valence-corrected chi connectivity index (χ1v) is 10.8.